The van der Waals surface area contributed by atoms with Crippen LogP contribution < -0.4 is 18.9 Å². The second-order valence-corrected chi connectivity index (χ2v) is 4.03. The van der Waals surface area contributed by atoms with Gasteiger partial charge in [-0.2, -0.15) is 0 Å². The third-order valence-corrected chi connectivity index (χ3v) is 2.75. The molecule has 1 atom stereocenters. The van der Waals surface area contributed by atoms with Gasteiger partial charge in [-0.05, 0) is 19.8 Å². The molecule has 0 saturated carbocycles. The van der Waals surface area contributed by atoms with Gasteiger partial charge in [0.25, 0.3) is 0 Å². The minimum atomic E-state index is 0. The van der Waals surface area contributed by atoms with Crippen LogP contribution >= 0.6 is 0 Å². The normalized spacial score (nSPS) is 28.7. The third-order valence-electron chi connectivity index (χ3n) is 2.75. The summed E-state index contributed by atoms with van der Waals surface area (Å²) in [5.74, 6) is 0.529. The van der Waals surface area contributed by atoms with Crippen molar-refractivity contribution < 1.29 is 18.9 Å². The van der Waals surface area contributed by atoms with Crippen molar-refractivity contribution in [2.24, 2.45) is 11.3 Å². The van der Waals surface area contributed by atoms with E-state index in [9.17, 15) is 0 Å². The van der Waals surface area contributed by atoms with Crippen molar-refractivity contribution in [3.63, 3.8) is 0 Å². The van der Waals surface area contributed by atoms with Gasteiger partial charge in [0.05, 0.1) is 0 Å². The van der Waals surface area contributed by atoms with E-state index < -0.39 is 0 Å². The molecule has 0 aromatic heterocycles. The molecule has 1 aliphatic carbocycles. The molecule has 0 radical (unpaired) electrons. The Morgan fingerprint density at radius 3 is 2.45 bits per heavy atom. The van der Waals surface area contributed by atoms with E-state index in [2.05, 4.69) is 33.8 Å². The standard InChI is InChI=1S/C10H17.Li/c1-8-6-5-7-10(3,4)9(8)2;/h6,9H,2,5,7H2,1,3-4H3;/q-1;+1/t9-;/m1./s1. The van der Waals surface area contributed by atoms with Gasteiger partial charge < -0.3 is 6.92 Å². The molecule has 0 heterocycles. The van der Waals surface area contributed by atoms with Crippen LogP contribution in [0.4, 0.5) is 0 Å². The zero-order chi connectivity index (χ0) is 7.78. The molecule has 0 unspecified atom stereocenters. The van der Waals surface area contributed by atoms with Crippen molar-refractivity contribution in [1.29, 1.82) is 0 Å². The SMILES string of the molecule is [CH2-][C@@H]1C(C)=CCCC1(C)C.[Li+]. The molecule has 0 spiro atoms. The van der Waals surface area contributed by atoms with Crippen molar-refractivity contribution in [2.45, 2.75) is 33.6 Å². The predicted molar refractivity (Wildman–Crippen MR) is 45.6 cm³/mol. The Labute approximate surface area is 82.6 Å². The van der Waals surface area contributed by atoms with Crippen LogP contribution in [0.5, 0.6) is 0 Å². The van der Waals surface area contributed by atoms with Crippen LogP contribution in [0, 0.1) is 18.3 Å². The van der Waals surface area contributed by atoms with Gasteiger partial charge in [-0.15, -0.1) is 11.5 Å². The molecule has 0 amide bonds. The molecule has 11 heavy (non-hydrogen) atoms. The van der Waals surface area contributed by atoms with Crippen LogP contribution in [-0.4, -0.2) is 0 Å². The van der Waals surface area contributed by atoms with Gasteiger partial charge in [0, 0.05) is 0 Å². The Morgan fingerprint density at radius 2 is 2.09 bits per heavy atom. The van der Waals surface area contributed by atoms with Crippen LogP contribution in [-0.2, 0) is 0 Å². The van der Waals surface area contributed by atoms with E-state index in [1.807, 2.05) is 0 Å². The van der Waals surface area contributed by atoms with Crippen molar-refractivity contribution >= 4 is 0 Å². The van der Waals surface area contributed by atoms with Gasteiger partial charge >= 0.3 is 18.9 Å². The topological polar surface area (TPSA) is 0 Å². The Bertz CT molecular complexity index is 156. The van der Waals surface area contributed by atoms with Crippen LogP contribution in [0.15, 0.2) is 11.6 Å². The van der Waals surface area contributed by atoms with E-state index in [-0.39, 0.29) is 18.9 Å². The summed E-state index contributed by atoms with van der Waals surface area (Å²) in [4.78, 5) is 0. The zero-order valence-corrected chi connectivity index (χ0v) is 8.28. The maximum atomic E-state index is 4.16. The molecule has 0 N–H and O–H groups in total. The molecule has 0 saturated heterocycles. The van der Waals surface area contributed by atoms with Crippen LogP contribution in [0.1, 0.15) is 33.6 Å². The van der Waals surface area contributed by atoms with Gasteiger partial charge in [-0.1, -0.05) is 25.3 Å². The van der Waals surface area contributed by atoms with Gasteiger partial charge in [0.15, 0.2) is 0 Å². The molecule has 58 valence electrons. The largest absolute Gasteiger partial charge is 1.00 e. The smallest absolute Gasteiger partial charge is 0.336 e. The number of hydrogen-bond donors (Lipinski definition) is 0. The van der Waals surface area contributed by atoms with Gasteiger partial charge in [0.2, 0.25) is 0 Å². The van der Waals surface area contributed by atoms with Crippen LogP contribution in [0.3, 0.4) is 0 Å². The van der Waals surface area contributed by atoms with E-state index in [1.54, 1.807) is 0 Å². The molecule has 0 bridgehead atoms. The Balaban J connectivity index is 0.000001000. The van der Waals surface area contributed by atoms with Crippen molar-refractivity contribution in [3.8, 4) is 0 Å². The minimum Gasteiger partial charge on any atom is -0.336 e. The third kappa shape index (κ3) is 2.39. The first kappa shape index (κ1) is 11.3. The summed E-state index contributed by atoms with van der Waals surface area (Å²) < 4.78 is 0. The molecule has 1 heteroatoms. The molecular formula is C10H17Li. The number of allylic oxidation sites excluding steroid dienone is 2. The van der Waals surface area contributed by atoms with E-state index in [0.717, 1.165) is 0 Å². The average molecular weight is 144 g/mol. The first-order valence-electron chi connectivity index (χ1n) is 4.04. The fourth-order valence-electron chi connectivity index (χ4n) is 1.60. The Morgan fingerprint density at radius 1 is 1.55 bits per heavy atom. The number of rotatable bonds is 0. The molecule has 0 fully saturated rings. The minimum absolute atomic E-state index is 0. The molecule has 1 aliphatic rings. The molecule has 0 aliphatic heterocycles. The molecule has 1 rings (SSSR count). The Hall–Kier alpha value is 0.337. The van der Waals surface area contributed by atoms with E-state index in [4.69, 9.17) is 0 Å². The summed E-state index contributed by atoms with van der Waals surface area (Å²) >= 11 is 0. The Kier molecular flexibility index (Phi) is 3.95. The van der Waals surface area contributed by atoms with Gasteiger partial charge in [0.1, 0.15) is 0 Å². The first-order valence-corrected chi connectivity index (χ1v) is 4.04. The van der Waals surface area contributed by atoms with E-state index >= 15 is 0 Å². The van der Waals surface area contributed by atoms with Gasteiger partial charge in [-0.3, -0.25) is 0 Å². The van der Waals surface area contributed by atoms with Gasteiger partial charge in [-0.25, -0.2) is 0 Å². The summed E-state index contributed by atoms with van der Waals surface area (Å²) in [6.07, 6.45) is 4.85. The summed E-state index contributed by atoms with van der Waals surface area (Å²) in [5, 5.41) is 0. The summed E-state index contributed by atoms with van der Waals surface area (Å²) in [6, 6.07) is 0. The average Bonchev–Trinajstić information content (AvgIpc) is 1.83. The van der Waals surface area contributed by atoms with Crippen LogP contribution in [0.2, 0.25) is 0 Å². The summed E-state index contributed by atoms with van der Waals surface area (Å²) in [6.45, 7) is 11.0. The monoisotopic (exact) mass is 144 g/mol. The van der Waals surface area contributed by atoms with Crippen LogP contribution in [0.25, 0.3) is 0 Å². The maximum absolute atomic E-state index is 4.16. The molecule has 0 aromatic rings. The van der Waals surface area contributed by atoms with Crippen molar-refractivity contribution in [3.05, 3.63) is 18.6 Å². The first-order chi connectivity index (χ1) is 4.54. The van der Waals surface area contributed by atoms with E-state index in [1.165, 1.54) is 18.4 Å². The van der Waals surface area contributed by atoms with Crippen molar-refractivity contribution in [2.75, 3.05) is 0 Å². The maximum Gasteiger partial charge on any atom is 1.00 e. The molecule has 0 nitrogen and oxygen atoms in total. The zero-order valence-electron chi connectivity index (χ0n) is 8.28. The molecule has 0 aromatic carbocycles. The quantitative estimate of drug-likeness (QED) is 0.259. The molecular weight excluding hydrogens is 127 g/mol. The number of hydrogen-bond acceptors (Lipinski definition) is 0. The fourth-order valence-corrected chi connectivity index (χ4v) is 1.60. The fraction of sp³-hybridized carbons (Fsp3) is 0.700. The predicted octanol–water partition coefficient (Wildman–Crippen LogP) is 0.207. The summed E-state index contributed by atoms with van der Waals surface area (Å²) in [7, 11) is 0. The van der Waals surface area contributed by atoms with Crippen molar-refractivity contribution in [1.82, 2.24) is 0 Å². The second kappa shape index (κ2) is 3.83. The summed E-state index contributed by atoms with van der Waals surface area (Å²) in [5.41, 5.74) is 1.90. The van der Waals surface area contributed by atoms with E-state index in [0.29, 0.717) is 11.3 Å². The second-order valence-electron chi connectivity index (χ2n) is 4.03.